The number of fused-ring (bicyclic) bond motifs is 1. The quantitative estimate of drug-likeness (QED) is 0.110. The molecule has 2 aliphatic carbocycles. The largest absolute Gasteiger partial charge is 0.457 e. The van der Waals surface area contributed by atoms with Crippen LogP contribution in [0, 0.1) is 18.8 Å². The zero-order valence-electron chi connectivity index (χ0n) is 29.4. The van der Waals surface area contributed by atoms with Crippen LogP contribution in [0.25, 0.3) is 12.2 Å². The Morgan fingerprint density at radius 2 is 1.63 bits per heavy atom. The summed E-state index contributed by atoms with van der Waals surface area (Å²) < 4.78 is 60.9. The number of benzene rings is 3. The lowest BCUT2D eigenvalue weighted by Gasteiger charge is -2.23. The van der Waals surface area contributed by atoms with Crippen molar-refractivity contribution in [2.24, 2.45) is 11.8 Å². The third-order valence-corrected chi connectivity index (χ3v) is 10.0. The molecule has 1 N–H and O–H groups in total. The fourth-order valence-corrected chi connectivity index (χ4v) is 6.48. The van der Waals surface area contributed by atoms with Gasteiger partial charge in [0, 0.05) is 23.1 Å². The van der Waals surface area contributed by atoms with Gasteiger partial charge in [-0.15, -0.1) is 0 Å². The van der Waals surface area contributed by atoms with Crippen LogP contribution in [-0.4, -0.2) is 24.2 Å². The lowest BCUT2D eigenvalue weighted by Crippen LogP contribution is -2.37. The molecule has 0 spiro atoms. The summed E-state index contributed by atoms with van der Waals surface area (Å²) in [6.45, 7) is 7.94. The topological polar surface area (TPSA) is 55.4 Å². The van der Waals surface area contributed by atoms with Crippen molar-refractivity contribution in [3.8, 4) is 11.5 Å². The van der Waals surface area contributed by atoms with Crippen LogP contribution in [0.2, 0.25) is 0 Å². The van der Waals surface area contributed by atoms with Gasteiger partial charge in [-0.3, -0.25) is 9.59 Å². The van der Waals surface area contributed by atoms with E-state index in [1.54, 1.807) is 30.3 Å². The van der Waals surface area contributed by atoms with Crippen molar-refractivity contribution >= 4 is 23.8 Å². The molecule has 0 heterocycles. The highest BCUT2D eigenvalue weighted by atomic mass is 19.3. The lowest BCUT2D eigenvalue weighted by molar-refractivity contribution is -0.00103. The van der Waals surface area contributed by atoms with Gasteiger partial charge in [-0.2, -0.15) is 8.78 Å². The van der Waals surface area contributed by atoms with Gasteiger partial charge in [-0.25, -0.2) is 8.78 Å². The summed E-state index contributed by atoms with van der Waals surface area (Å²) in [5.41, 5.74) is 3.69. The summed E-state index contributed by atoms with van der Waals surface area (Å²) in [6.07, 6.45) is 14.0. The Labute approximate surface area is 297 Å². The highest BCUT2D eigenvalue weighted by Gasteiger charge is 2.28. The molecule has 5 rings (SSSR count). The molecule has 0 aliphatic heterocycles. The van der Waals surface area contributed by atoms with E-state index in [1.165, 1.54) is 36.8 Å². The highest BCUT2D eigenvalue weighted by Crippen LogP contribution is 2.34. The summed E-state index contributed by atoms with van der Waals surface area (Å²) in [7, 11) is 0. The van der Waals surface area contributed by atoms with Gasteiger partial charge in [0.1, 0.15) is 11.5 Å². The lowest BCUT2D eigenvalue weighted by atomic mass is 9.81. The van der Waals surface area contributed by atoms with Gasteiger partial charge in [-0.05, 0) is 140 Å². The molecule has 8 heteroatoms. The smallest absolute Gasteiger partial charge is 0.291 e. The predicted octanol–water partition coefficient (Wildman–Crippen LogP) is 9.76. The van der Waals surface area contributed by atoms with Crippen molar-refractivity contribution in [2.75, 3.05) is 6.54 Å². The van der Waals surface area contributed by atoms with Crippen LogP contribution in [0.5, 0.6) is 11.5 Å². The average molecular weight is 700 g/mol. The van der Waals surface area contributed by atoms with E-state index in [4.69, 9.17) is 4.74 Å². The van der Waals surface area contributed by atoms with E-state index in [0.29, 0.717) is 47.0 Å². The summed E-state index contributed by atoms with van der Waals surface area (Å²) in [6, 6.07) is 16.1. The Kier molecular flexibility index (Phi) is 11.8. The molecule has 0 fully saturated rings. The Morgan fingerprint density at radius 3 is 2.25 bits per heavy atom. The Hall–Kier alpha value is -4.72. The van der Waals surface area contributed by atoms with E-state index < -0.39 is 24.3 Å². The summed E-state index contributed by atoms with van der Waals surface area (Å²) in [5.74, 6) is -4.83. The molecule has 0 radical (unpaired) electrons. The maximum absolute atomic E-state index is 13.8. The van der Waals surface area contributed by atoms with Gasteiger partial charge in [0.25, 0.3) is 17.8 Å². The van der Waals surface area contributed by atoms with E-state index in [2.05, 4.69) is 37.0 Å². The predicted molar refractivity (Wildman–Crippen MR) is 195 cm³/mol. The molecular formula is C43H45F4NO3. The molecule has 3 aromatic rings. The number of halogens is 4. The molecule has 0 saturated carbocycles. The minimum absolute atomic E-state index is 0.00137. The second-order valence-electron chi connectivity index (χ2n) is 13.7. The zero-order valence-corrected chi connectivity index (χ0v) is 29.4. The number of ether oxygens (including phenoxy) is 1. The van der Waals surface area contributed by atoms with E-state index in [-0.39, 0.29) is 17.8 Å². The van der Waals surface area contributed by atoms with E-state index in [1.807, 2.05) is 19.1 Å². The summed E-state index contributed by atoms with van der Waals surface area (Å²) >= 11 is 0. The number of allylic oxidation sites excluding steroid dienone is 5. The van der Waals surface area contributed by atoms with Crippen molar-refractivity contribution in [1.82, 2.24) is 5.32 Å². The van der Waals surface area contributed by atoms with Gasteiger partial charge < -0.3 is 10.1 Å². The number of aryl methyl sites for hydroxylation is 1. The fourth-order valence-electron chi connectivity index (χ4n) is 6.48. The maximum Gasteiger partial charge on any atom is 0.291 e. The van der Waals surface area contributed by atoms with Gasteiger partial charge in [-0.1, -0.05) is 56.4 Å². The first kappa shape index (κ1) is 37.5. The minimum atomic E-state index is -3.11. The molecule has 0 saturated heterocycles. The van der Waals surface area contributed by atoms with Crippen LogP contribution < -0.4 is 20.5 Å². The normalized spacial score (nSPS) is 17.7. The van der Waals surface area contributed by atoms with Crippen LogP contribution in [0.1, 0.15) is 90.6 Å². The highest BCUT2D eigenvalue weighted by molar-refractivity contribution is 6.08. The number of carbonyl (C=O) groups excluding carboxylic acids is 2. The van der Waals surface area contributed by atoms with Gasteiger partial charge in [0.2, 0.25) is 0 Å². The number of ketones is 1. The Balaban J connectivity index is 1.17. The SMILES string of the molecule is C=CC(F)(F)c1ccc(Oc2ccc(C(=O)C3=CCC(CCC4=CC=c5cc(C(=O)NCC(F)(F)CC)c(C)cc5=CCC4C)CC3)cc2)cc1. The van der Waals surface area contributed by atoms with Crippen LogP contribution >= 0.6 is 0 Å². The van der Waals surface area contributed by atoms with Crippen molar-refractivity contribution in [2.45, 2.75) is 77.6 Å². The number of rotatable bonds is 13. The van der Waals surface area contributed by atoms with Crippen molar-refractivity contribution in [3.63, 3.8) is 0 Å². The number of alkyl halides is 4. The second kappa shape index (κ2) is 16.1. The molecule has 51 heavy (non-hydrogen) atoms. The molecule has 2 aliphatic rings. The van der Waals surface area contributed by atoms with Crippen molar-refractivity contribution in [3.05, 3.63) is 129 Å². The first-order valence-electron chi connectivity index (χ1n) is 17.6. The number of carbonyl (C=O) groups is 2. The fraction of sp³-hybridized carbons (Fsp3) is 0.349. The van der Waals surface area contributed by atoms with Crippen molar-refractivity contribution in [1.29, 1.82) is 0 Å². The summed E-state index contributed by atoms with van der Waals surface area (Å²) in [4.78, 5) is 26.1. The third kappa shape index (κ3) is 9.54. The maximum atomic E-state index is 13.8. The number of amides is 1. The van der Waals surface area contributed by atoms with Crippen molar-refractivity contribution < 1.29 is 31.9 Å². The van der Waals surface area contributed by atoms with E-state index in [0.717, 1.165) is 53.7 Å². The van der Waals surface area contributed by atoms with Gasteiger partial charge >= 0.3 is 0 Å². The van der Waals surface area contributed by atoms with Crippen LogP contribution in [0.4, 0.5) is 17.6 Å². The van der Waals surface area contributed by atoms with Gasteiger partial charge in [0.05, 0.1) is 6.54 Å². The monoisotopic (exact) mass is 699 g/mol. The first-order valence-corrected chi connectivity index (χ1v) is 17.6. The molecule has 2 unspecified atom stereocenters. The molecule has 268 valence electrons. The average Bonchev–Trinajstić information content (AvgIpc) is 3.13. The Morgan fingerprint density at radius 1 is 0.941 bits per heavy atom. The molecule has 0 aromatic heterocycles. The molecule has 0 bridgehead atoms. The summed E-state index contributed by atoms with van der Waals surface area (Å²) in [5, 5.41) is 4.32. The molecule has 4 nitrogen and oxygen atoms in total. The molecular weight excluding hydrogens is 654 g/mol. The van der Waals surface area contributed by atoms with Crippen LogP contribution in [0.15, 0.2) is 96.6 Å². The minimum Gasteiger partial charge on any atom is -0.457 e. The zero-order chi connectivity index (χ0) is 36.8. The molecule has 1 amide bonds. The first-order chi connectivity index (χ1) is 24.3. The van der Waals surface area contributed by atoms with Gasteiger partial charge in [0.15, 0.2) is 5.78 Å². The van der Waals surface area contributed by atoms with E-state index in [9.17, 15) is 27.2 Å². The van der Waals surface area contributed by atoms with E-state index >= 15 is 0 Å². The number of hydrogen-bond acceptors (Lipinski definition) is 3. The number of hydrogen-bond donors (Lipinski definition) is 1. The number of Topliss-reactive ketones (excluding diaryl/α,β-unsaturated/α-hetero) is 1. The van der Waals surface area contributed by atoms with Crippen LogP contribution in [0.3, 0.4) is 0 Å². The number of nitrogens with one attached hydrogen (secondary N) is 1. The molecule has 2 atom stereocenters. The standard InChI is InChI=1S/C43H45F4NO3/c1-5-42(44,45)27-48-41(50)39-26-35-16-15-31(28(3)7-11-34(35)25-29(39)4)12-8-30-9-13-32(14-10-30)40(49)33-17-21-37(22-18-33)51-38-23-19-36(20-24-38)43(46,47)6-2/h6,11,13,15-26,28,30H,2,5,7-10,12,14,27H2,1,3-4H3,(H,48,50). The second-order valence-corrected chi connectivity index (χ2v) is 13.7. The Bertz CT molecular complexity index is 1940. The van der Waals surface area contributed by atoms with Crippen LogP contribution in [-0.2, 0) is 5.92 Å². The third-order valence-electron chi connectivity index (χ3n) is 10.0. The molecule has 3 aromatic carbocycles.